The van der Waals surface area contributed by atoms with Crippen molar-refractivity contribution in [3.8, 4) is 22.3 Å². The van der Waals surface area contributed by atoms with Gasteiger partial charge in [-0.15, -0.1) is 0 Å². The fraction of sp³-hybridized carbons (Fsp3) is 0.143. The van der Waals surface area contributed by atoms with Crippen LogP contribution in [0.3, 0.4) is 0 Å². The van der Waals surface area contributed by atoms with Crippen LogP contribution in [0.1, 0.15) is 37.5 Å². The van der Waals surface area contributed by atoms with E-state index in [9.17, 15) is 0 Å². The van der Waals surface area contributed by atoms with Crippen molar-refractivity contribution in [2.45, 2.75) is 26.2 Å². The van der Waals surface area contributed by atoms with Crippen LogP contribution in [0.15, 0.2) is 85.4 Å². The van der Waals surface area contributed by atoms with Crippen LogP contribution in [-0.2, 0) is 5.41 Å². The van der Waals surface area contributed by atoms with Crippen LogP contribution in [0.4, 0.5) is 0 Å². The predicted octanol–water partition coefficient (Wildman–Crippen LogP) is 7.85. The molecule has 5 rings (SSSR count). The third-order valence-corrected chi connectivity index (χ3v) is 6.24. The topological polar surface area (TPSA) is 0 Å². The minimum absolute atomic E-state index is 0.0359. The van der Waals surface area contributed by atoms with E-state index in [2.05, 4.69) is 106 Å². The number of fused-ring (bicyclic) bond motifs is 4. The minimum Gasteiger partial charge on any atom is -0.0955 e. The lowest BCUT2D eigenvalue weighted by molar-refractivity contribution is 0.662. The van der Waals surface area contributed by atoms with Crippen LogP contribution in [0.5, 0.6) is 0 Å². The highest BCUT2D eigenvalue weighted by Crippen LogP contribution is 2.53. The van der Waals surface area contributed by atoms with E-state index in [1.165, 1.54) is 49.7 Å². The number of benzene rings is 4. The van der Waals surface area contributed by atoms with Crippen molar-refractivity contribution in [3.63, 3.8) is 0 Å². The van der Waals surface area contributed by atoms with Gasteiger partial charge in [0.25, 0.3) is 0 Å². The average Bonchev–Trinajstić information content (AvgIpc) is 2.95. The van der Waals surface area contributed by atoms with E-state index in [1.54, 1.807) is 0 Å². The normalized spacial score (nSPS) is 14.0. The zero-order valence-corrected chi connectivity index (χ0v) is 16.7. The number of hydrogen-bond acceptors (Lipinski definition) is 0. The molecule has 4 aromatic carbocycles. The Balaban J connectivity index is 1.93. The average molecular weight is 361 g/mol. The Bertz CT molecular complexity index is 1250. The summed E-state index contributed by atoms with van der Waals surface area (Å²) in [7, 11) is 0. The van der Waals surface area contributed by atoms with E-state index in [4.69, 9.17) is 0 Å². The van der Waals surface area contributed by atoms with E-state index < -0.39 is 0 Å². The predicted molar refractivity (Wildman–Crippen MR) is 122 cm³/mol. The van der Waals surface area contributed by atoms with Crippen LogP contribution < -0.4 is 0 Å². The lowest BCUT2D eigenvalue weighted by atomic mass is 9.77. The molecule has 136 valence electrons. The van der Waals surface area contributed by atoms with E-state index in [1.807, 2.05) is 0 Å². The molecule has 0 heteroatoms. The van der Waals surface area contributed by atoms with E-state index >= 15 is 0 Å². The Labute approximate surface area is 167 Å². The summed E-state index contributed by atoms with van der Waals surface area (Å²) in [6.45, 7) is 11.1. The molecule has 1 aliphatic rings. The van der Waals surface area contributed by atoms with Gasteiger partial charge in [0.1, 0.15) is 0 Å². The molecule has 0 atom stereocenters. The Hall–Kier alpha value is -3.12. The summed E-state index contributed by atoms with van der Waals surface area (Å²) in [5, 5.41) is 2.57. The highest BCUT2D eigenvalue weighted by Gasteiger charge is 2.37. The van der Waals surface area contributed by atoms with Gasteiger partial charge in [-0.3, -0.25) is 0 Å². The Morgan fingerprint density at radius 2 is 1.39 bits per heavy atom. The molecule has 0 heterocycles. The Morgan fingerprint density at radius 1 is 0.714 bits per heavy atom. The van der Waals surface area contributed by atoms with Gasteiger partial charge in [-0.2, -0.15) is 0 Å². The van der Waals surface area contributed by atoms with Gasteiger partial charge in [-0.25, -0.2) is 0 Å². The van der Waals surface area contributed by atoms with Gasteiger partial charge >= 0.3 is 0 Å². The first-order chi connectivity index (χ1) is 13.5. The summed E-state index contributed by atoms with van der Waals surface area (Å²) >= 11 is 0. The second-order valence-electron chi connectivity index (χ2n) is 8.39. The van der Waals surface area contributed by atoms with Crippen LogP contribution in [-0.4, -0.2) is 0 Å². The molecular formula is C28H24. The summed E-state index contributed by atoms with van der Waals surface area (Å²) < 4.78 is 0. The van der Waals surface area contributed by atoms with Gasteiger partial charge in [0, 0.05) is 5.41 Å². The smallest absolute Gasteiger partial charge is 0.0165 e. The summed E-state index contributed by atoms with van der Waals surface area (Å²) in [5.41, 5.74) is 10.5. The standard InChI is InChI=1S/C28H24/c1-18(2)20-17-16-19-10-5-6-11-21(19)26(20)24-14-9-13-23-22-12-7-8-15-25(22)28(3,4)27(23)24/h5-17H,1H2,2-4H3. The third kappa shape index (κ3) is 2.24. The first kappa shape index (κ1) is 17.0. The maximum Gasteiger partial charge on any atom is 0.0165 e. The zero-order valence-electron chi connectivity index (χ0n) is 16.7. The second kappa shape index (κ2) is 5.94. The fourth-order valence-electron chi connectivity index (χ4n) is 4.97. The second-order valence-corrected chi connectivity index (χ2v) is 8.39. The molecule has 0 spiro atoms. The summed E-state index contributed by atoms with van der Waals surface area (Å²) in [4.78, 5) is 0. The Morgan fingerprint density at radius 3 is 2.21 bits per heavy atom. The summed E-state index contributed by atoms with van der Waals surface area (Å²) in [5.74, 6) is 0. The van der Waals surface area contributed by atoms with Crippen molar-refractivity contribution in [2.24, 2.45) is 0 Å². The SMILES string of the molecule is C=C(C)c1ccc2ccccc2c1-c1cccc2c1C(C)(C)c1ccccc1-2. The van der Waals surface area contributed by atoms with E-state index in [0.29, 0.717) is 0 Å². The minimum atomic E-state index is -0.0359. The van der Waals surface area contributed by atoms with Gasteiger partial charge in [0.05, 0.1) is 0 Å². The third-order valence-electron chi connectivity index (χ3n) is 6.24. The van der Waals surface area contributed by atoms with Crippen molar-refractivity contribution in [2.75, 3.05) is 0 Å². The molecule has 0 fully saturated rings. The van der Waals surface area contributed by atoms with Crippen LogP contribution in [0, 0.1) is 0 Å². The molecule has 0 saturated carbocycles. The maximum absolute atomic E-state index is 4.29. The summed E-state index contributed by atoms with van der Waals surface area (Å²) in [6.07, 6.45) is 0. The molecule has 28 heavy (non-hydrogen) atoms. The lowest BCUT2D eigenvalue weighted by Gasteiger charge is -2.26. The quantitative estimate of drug-likeness (QED) is 0.341. The molecule has 0 aliphatic heterocycles. The first-order valence-electron chi connectivity index (χ1n) is 9.91. The van der Waals surface area contributed by atoms with Gasteiger partial charge in [0.2, 0.25) is 0 Å². The number of hydrogen-bond donors (Lipinski definition) is 0. The van der Waals surface area contributed by atoms with Crippen molar-refractivity contribution >= 4 is 16.3 Å². The molecule has 0 radical (unpaired) electrons. The molecule has 0 N–H and O–H groups in total. The van der Waals surface area contributed by atoms with Crippen molar-refractivity contribution in [1.29, 1.82) is 0 Å². The largest absolute Gasteiger partial charge is 0.0955 e. The van der Waals surface area contributed by atoms with E-state index in [0.717, 1.165) is 5.57 Å². The van der Waals surface area contributed by atoms with Crippen molar-refractivity contribution < 1.29 is 0 Å². The van der Waals surface area contributed by atoms with Crippen molar-refractivity contribution in [1.82, 2.24) is 0 Å². The molecule has 0 amide bonds. The molecule has 4 aromatic rings. The number of rotatable bonds is 2. The molecule has 0 bridgehead atoms. The van der Waals surface area contributed by atoms with E-state index in [-0.39, 0.29) is 5.41 Å². The summed E-state index contributed by atoms with van der Waals surface area (Å²) in [6, 6.07) is 28.7. The molecular weight excluding hydrogens is 336 g/mol. The molecule has 0 unspecified atom stereocenters. The van der Waals surface area contributed by atoms with Gasteiger partial charge in [-0.05, 0) is 56.6 Å². The Kier molecular flexibility index (Phi) is 3.61. The van der Waals surface area contributed by atoms with Gasteiger partial charge < -0.3 is 0 Å². The molecule has 1 aliphatic carbocycles. The molecule has 0 aromatic heterocycles. The highest BCUT2D eigenvalue weighted by atomic mass is 14.4. The monoisotopic (exact) mass is 360 g/mol. The van der Waals surface area contributed by atoms with Gasteiger partial charge in [-0.1, -0.05) is 105 Å². The first-order valence-corrected chi connectivity index (χ1v) is 9.91. The van der Waals surface area contributed by atoms with Crippen LogP contribution in [0.2, 0.25) is 0 Å². The van der Waals surface area contributed by atoms with Crippen molar-refractivity contribution in [3.05, 3.63) is 102 Å². The van der Waals surface area contributed by atoms with Gasteiger partial charge in [0.15, 0.2) is 0 Å². The molecule has 0 nitrogen and oxygen atoms in total. The maximum atomic E-state index is 4.29. The fourth-order valence-corrected chi connectivity index (χ4v) is 4.97. The lowest BCUT2D eigenvalue weighted by Crippen LogP contribution is -2.16. The zero-order chi connectivity index (χ0) is 19.5. The van der Waals surface area contributed by atoms with Crippen LogP contribution >= 0.6 is 0 Å². The number of allylic oxidation sites excluding steroid dienone is 1. The van der Waals surface area contributed by atoms with Crippen LogP contribution in [0.25, 0.3) is 38.6 Å². The molecule has 0 saturated heterocycles. The highest BCUT2D eigenvalue weighted by molar-refractivity contribution is 6.04.